The Morgan fingerprint density at radius 1 is 1.16 bits per heavy atom. The van der Waals surface area contributed by atoms with E-state index in [4.69, 9.17) is 0 Å². The maximum Gasteiger partial charge on any atom is 0.237 e. The van der Waals surface area contributed by atoms with Crippen molar-refractivity contribution in [2.45, 2.75) is 0 Å². The molecule has 0 N–H and O–H groups in total. The number of benzene rings is 1. The molecule has 0 bridgehead atoms. The molecule has 1 aromatic rings. The first-order chi connectivity index (χ1) is 8.73. The first-order valence-corrected chi connectivity index (χ1v) is 7.23. The number of amides is 1. The van der Waals surface area contributed by atoms with Crippen molar-refractivity contribution in [3.63, 3.8) is 0 Å². The molecular formula is C12H14FNO4S. The molecule has 0 heterocycles. The van der Waals surface area contributed by atoms with Crippen molar-refractivity contribution >= 4 is 21.5 Å². The zero-order valence-corrected chi connectivity index (χ0v) is 11.4. The Balaban J connectivity index is 2.82. The van der Waals surface area contributed by atoms with Crippen LogP contribution in [-0.2, 0) is 14.6 Å². The normalized spacial score (nSPS) is 11.1. The average Bonchev–Trinajstić information content (AvgIpc) is 2.27. The van der Waals surface area contributed by atoms with Gasteiger partial charge in [0, 0.05) is 14.1 Å². The minimum atomic E-state index is -3.90. The van der Waals surface area contributed by atoms with Crippen LogP contribution in [0.4, 0.5) is 4.39 Å². The molecule has 0 saturated heterocycles. The van der Waals surface area contributed by atoms with E-state index in [9.17, 15) is 22.4 Å². The van der Waals surface area contributed by atoms with Gasteiger partial charge >= 0.3 is 0 Å². The molecule has 0 aliphatic carbocycles. The van der Waals surface area contributed by atoms with Crippen LogP contribution < -0.4 is 0 Å². The quantitative estimate of drug-likeness (QED) is 0.740. The highest BCUT2D eigenvalue weighted by molar-refractivity contribution is 7.92. The Labute approximate surface area is 110 Å². The summed E-state index contributed by atoms with van der Waals surface area (Å²) < 4.78 is 36.6. The van der Waals surface area contributed by atoms with Gasteiger partial charge in [0.15, 0.2) is 15.6 Å². The summed E-state index contributed by atoms with van der Waals surface area (Å²) in [5, 5.41) is 0. The maximum absolute atomic E-state index is 13.3. The van der Waals surface area contributed by atoms with Crippen molar-refractivity contribution < 1.29 is 22.4 Å². The lowest BCUT2D eigenvalue weighted by Gasteiger charge is -2.10. The van der Waals surface area contributed by atoms with E-state index >= 15 is 0 Å². The second kappa shape index (κ2) is 5.92. The van der Waals surface area contributed by atoms with Gasteiger partial charge in [-0.15, -0.1) is 0 Å². The first-order valence-electron chi connectivity index (χ1n) is 5.41. The van der Waals surface area contributed by atoms with Crippen molar-refractivity contribution in [1.29, 1.82) is 0 Å². The lowest BCUT2D eigenvalue weighted by atomic mass is 10.1. The molecule has 1 rings (SSSR count). The second-order valence-electron chi connectivity index (χ2n) is 4.22. The SMILES string of the molecule is CN(C)C(=O)CS(=O)(=O)CC(=O)c1ccccc1F. The lowest BCUT2D eigenvalue weighted by Crippen LogP contribution is -2.32. The first kappa shape index (κ1) is 15.3. The van der Waals surface area contributed by atoms with Gasteiger partial charge in [0.1, 0.15) is 17.3 Å². The lowest BCUT2D eigenvalue weighted by molar-refractivity contribution is -0.125. The zero-order valence-electron chi connectivity index (χ0n) is 10.6. The molecule has 104 valence electrons. The number of carbonyl (C=O) groups excluding carboxylic acids is 2. The van der Waals surface area contributed by atoms with Crippen molar-refractivity contribution in [1.82, 2.24) is 4.90 Å². The van der Waals surface area contributed by atoms with Crippen molar-refractivity contribution in [3.05, 3.63) is 35.6 Å². The van der Waals surface area contributed by atoms with Gasteiger partial charge in [-0.1, -0.05) is 12.1 Å². The Morgan fingerprint density at radius 2 is 1.74 bits per heavy atom. The molecular weight excluding hydrogens is 273 g/mol. The molecule has 5 nitrogen and oxygen atoms in total. The number of sulfone groups is 1. The van der Waals surface area contributed by atoms with E-state index in [0.717, 1.165) is 11.0 Å². The highest BCUT2D eigenvalue weighted by atomic mass is 32.2. The van der Waals surface area contributed by atoms with Crippen LogP contribution >= 0.6 is 0 Å². The van der Waals surface area contributed by atoms with Gasteiger partial charge in [0.25, 0.3) is 0 Å². The highest BCUT2D eigenvalue weighted by Gasteiger charge is 2.23. The van der Waals surface area contributed by atoms with E-state index in [1.54, 1.807) is 0 Å². The highest BCUT2D eigenvalue weighted by Crippen LogP contribution is 2.09. The molecule has 1 aromatic carbocycles. The second-order valence-corrected chi connectivity index (χ2v) is 6.29. The fourth-order valence-electron chi connectivity index (χ4n) is 1.33. The largest absolute Gasteiger partial charge is 0.348 e. The molecule has 0 aliphatic heterocycles. The summed E-state index contributed by atoms with van der Waals surface area (Å²) in [5.41, 5.74) is -0.289. The maximum atomic E-state index is 13.3. The summed E-state index contributed by atoms with van der Waals surface area (Å²) in [6.07, 6.45) is 0. The van der Waals surface area contributed by atoms with Gasteiger partial charge in [0.05, 0.1) is 5.56 Å². The van der Waals surface area contributed by atoms with Gasteiger partial charge in [-0.05, 0) is 12.1 Å². The summed E-state index contributed by atoms with van der Waals surface area (Å²) >= 11 is 0. The summed E-state index contributed by atoms with van der Waals surface area (Å²) in [4.78, 5) is 24.1. The number of rotatable bonds is 5. The van der Waals surface area contributed by atoms with Crippen LogP contribution in [0.25, 0.3) is 0 Å². The van der Waals surface area contributed by atoms with E-state index < -0.39 is 38.9 Å². The molecule has 0 unspecified atom stereocenters. The van der Waals surface area contributed by atoms with Crippen molar-refractivity contribution in [3.8, 4) is 0 Å². The number of nitrogens with zero attached hydrogens (tertiary/aromatic N) is 1. The van der Waals surface area contributed by atoms with Gasteiger partial charge in [0.2, 0.25) is 5.91 Å². The molecule has 0 aliphatic rings. The molecule has 0 fully saturated rings. The van der Waals surface area contributed by atoms with Crippen LogP contribution in [0.5, 0.6) is 0 Å². The van der Waals surface area contributed by atoms with Crippen molar-refractivity contribution in [2.75, 3.05) is 25.6 Å². The smallest absolute Gasteiger partial charge is 0.237 e. The summed E-state index contributed by atoms with van der Waals surface area (Å²) in [7, 11) is -1.07. The van der Waals surface area contributed by atoms with Crippen LogP contribution in [-0.4, -0.2) is 50.6 Å². The summed E-state index contributed by atoms with van der Waals surface area (Å²) in [6, 6.07) is 5.12. The average molecular weight is 287 g/mol. The molecule has 0 radical (unpaired) electrons. The van der Waals surface area contributed by atoms with Gasteiger partial charge in [-0.25, -0.2) is 12.8 Å². The number of Topliss-reactive ketones (excluding diaryl/α,β-unsaturated/α-hetero) is 1. The molecule has 0 aromatic heterocycles. The topological polar surface area (TPSA) is 71.5 Å². The molecule has 1 amide bonds. The summed E-state index contributed by atoms with van der Waals surface area (Å²) in [5.74, 6) is -3.90. The number of halogens is 1. The zero-order chi connectivity index (χ0) is 14.6. The third-order valence-electron chi connectivity index (χ3n) is 2.37. The number of carbonyl (C=O) groups is 2. The fourth-order valence-corrected chi connectivity index (χ4v) is 2.62. The molecule has 0 saturated carbocycles. The molecule has 0 atom stereocenters. The van der Waals surface area contributed by atoms with Gasteiger partial charge in [-0.3, -0.25) is 9.59 Å². The van der Waals surface area contributed by atoms with Crippen LogP contribution in [0.2, 0.25) is 0 Å². The number of hydrogen-bond acceptors (Lipinski definition) is 4. The van der Waals surface area contributed by atoms with E-state index in [2.05, 4.69) is 0 Å². The van der Waals surface area contributed by atoms with Crippen molar-refractivity contribution in [2.24, 2.45) is 0 Å². The Morgan fingerprint density at radius 3 is 2.26 bits per heavy atom. The minimum Gasteiger partial charge on any atom is -0.348 e. The Hall–Kier alpha value is -1.76. The van der Waals surface area contributed by atoms with Gasteiger partial charge in [-0.2, -0.15) is 0 Å². The Kier molecular flexibility index (Phi) is 4.77. The Bertz CT molecular complexity index is 596. The monoisotopic (exact) mass is 287 g/mol. The fraction of sp³-hybridized carbons (Fsp3) is 0.333. The van der Waals surface area contributed by atoms with Crippen LogP contribution in [0, 0.1) is 5.82 Å². The van der Waals surface area contributed by atoms with E-state index in [1.165, 1.54) is 32.3 Å². The molecule has 0 spiro atoms. The third kappa shape index (κ3) is 4.44. The van der Waals surface area contributed by atoms with Crippen LogP contribution in [0.3, 0.4) is 0 Å². The molecule has 7 heteroatoms. The number of hydrogen-bond donors (Lipinski definition) is 0. The van der Waals surface area contributed by atoms with E-state index in [-0.39, 0.29) is 5.56 Å². The minimum absolute atomic E-state index is 0.289. The number of ketones is 1. The molecule has 19 heavy (non-hydrogen) atoms. The third-order valence-corrected chi connectivity index (χ3v) is 3.76. The van der Waals surface area contributed by atoms with E-state index in [1.807, 2.05) is 0 Å². The predicted octanol–water partition coefficient (Wildman–Crippen LogP) is 0.511. The van der Waals surface area contributed by atoms with Crippen LogP contribution in [0.1, 0.15) is 10.4 Å². The standard InChI is InChI=1S/C12H14FNO4S/c1-14(2)12(16)8-19(17,18)7-11(15)9-5-3-4-6-10(9)13/h3-6H,7-8H2,1-2H3. The predicted molar refractivity (Wildman–Crippen MR) is 68.1 cm³/mol. The summed E-state index contributed by atoms with van der Waals surface area (Å²) in [6.45, 7) is 0. The van der Waals surface area contributed by atoms with Crippen LogP contribution in [0.15, 0.2) is 24.3 Å². The van der Waals surface area contributed by atoms with E-state index in [0.29, 0.717) is 0 Å². The van der Waals surface area contributed by atoms with Gasteiger partial charge < -0.3 is 4.90 Å².